The Morgan fingerprint density at radius 2 is 2.30 bits per heavy atom. The molecule has 0 amide bonds. The second kappa shape index (κ2) is 8.90. The van der Waals surface area contributed by atoms with E-state index >= 15 is 0 Å². The normalized spacial score (nSPS) is 11.0. The van der Waals surface area contributed by atoms with Gasteiger partial charge in [-0.1, -0.05) is 5.16 Å². The molecule has 2 aromatic heterocycles. The summed E-state index contributed by atoms with van der Waals surface area (Å²) in [7, 11) is 0. The minimum Gasteiger partial charge on any atom is -0.357 e. The highest BCUT2D eigenvalue weighted by Crippen LogP contribution is 2.06. The number of guanidine groups is 1. The lowest BCUT2D eigenvalue weighted by molar-refractivity contribution is 0.371. The molecule has 0 atom stereocenters. The number of hydrogen-bond donors (Lipinski definition) is 2. The van der Waals surface area contributed by atoms with Crippen LogP contribution in [0, 0.1) is 6.92 Å². The zero-order chi connectivity index (χ0) is 13.5. The highest BCUT2D eigenvalue weighted by atomic mass is 127. The van der Waals surface area contributed by atoms with Gasteiger partial charge in [-0.2, -0.15) is 16.3 Å². The maximum Gasteiger partial charge on any atom is 0.246 e. The molecule has 2 aromatic rings. The predicted octanol–water partition coefficient (Wildman–Crippen LogP) is 2.31. The standard InChI is InChI=1S/C12H17N5OS.HI/c1-3-13-12(14-6-10-4-5-19-8-10)15-7-11-16-9(2)17-18-11;/h4-5,8H,3,6-7H2,1-2H3,(H2,13,14,15);1H. The molecular weight excluding hydrogens is 389 g/mol. The van der Waals surface area contributed by atoms with Crippen LogP contribution in [0.1, 0.15) is 24.2 Å². The number of aryl methyl sites for hydroxylation is 1. The molecule has 0 unspecified atom stereocenters. The molecule has 2 rings (SSSR count). The van der Waals surface area contributed by atoms with Gasteiger partial charge in [0.15, 0.2) is 11.8 Å². The molecule has 2 N–H and O–H groups in total. The first-order valence-electron chi connectivity index (χ1n) is 6.10. The molecule has 0 saturated carbocycles. The van der Waals surface area contributed by atoms with Crippen molar-refractivity contribution in [3.63, 3.8) is 0 Å². The first-order chi connectivity index (χ1) is 9.28. The summed E-state index contributed by atoms with van der Waals surface area (Å²) < 4.78 is 5.04. The summed E-state index contributed by atoms with van der Waals surface area (Å²) in [6, 6.07) is 2.07. The number of nitrogens with one attached hydrogen (secondary N) is 2. The lowest BCUT2D eigenvalue weighted by Gasteiger charge is -2.08. The second-order valence-corrected chi connectivity index (χ2v) is 4.70. The van der Waals surface area contributed by atoms with Crippen LogP contribution in [0.2, 0.25) is 0 Å². The van der Waals surface area contributed by atoms with Gasteiger partial charge in [0, 0.05) is 6.54 Å². The third kappa shape index (κ3) is 5.45. The first kappa shape index (κ1) is 16.9. The van der Waals surface area contributed by atoms with Crippen LogP contribution < -0.4 is 10.6 Å². The Bertz CT molecular complexity index is 526. The average molecular weight is 407 g/mol. The minimum atomic E-state index is 0. The van der Waals surface area contributed by atoms with Gasteiger partial charge in [0.2, 0.25) is 5.89 Å². The van der Waals surface area contributed by atoms with Gasteiger partial charge in [0.05, 0.1) is 13.1 Å². The van der Waals surface area contributed by atoms with Crippen molar-refractivity contribution in [1.82, 2.24) is 20.8 Å². The van der Waals surface area contributed by atoms with Crippen molar-refractivity contribution >= 4 is 41.3 Å². The molecule has 0 fully saturated rings. The molecule has 0 aromatic carbocycles. The molecule has 0 aliphatic heterocycles. The summed E-state index contributed by atoms with van der Waals surface area (Å²) in [6.07, 6.45) is 0. The van der Waals surface area contributed by atoms with Gasteiger partial charge in [-0.15, -0.1) is 24.0 Å². The van der Waals surface area contributed by atoms with Crippen molar-refractivity contribution in [2.45, 2.75) is 26.9 Å². The van der Waals surface area contributed by atoms with Crippen LogP contribution in [0.4, 0.5) is 0 Å². The number of aliphatic imine (C=N–C) groups is 1. The van der Waals surface area contributed by atoms with E-state index < -0.39 is 0 Å². The lowest BCUT2D eigenvalue weighted by atomic mass is 10.3. The average Bonchev–Trinajstić information content (AvgIpc) is 3.04. The van der Waals surface area contributed by atoms with Crippen LogP contribution in [-0.2, 0) is 13.1 Å². The predicted molar refractivity (Wildman–Crippen MR) is 90.4 cm³/mol. The Labute approximate surface area is 139 Å². The highest BCUT2D eigenvalue weighted by Gasteiger charge is 2.04. The largest absolute Gasteiger partial charge is 0.357 e. The maximum absolute atomic E-state index is 5.04. The van der Waals surface area contributed by atoms with Crippen molar-refractivity contribution in [1.29, 1.82) is 0 Å². The molecule has 8 heteroatoms. The van der Waals surface area contributed by atoms with Gasteiger partial charge in [-0.3, -0.25) is 0 Å². The van der Waals surface area contributed by atoms with Gasteiger partial charge >= 0.3 is 0 Å². The Hall–Kier alpha value is -1.16. The van der Waals surface area contributed by atoms with Crippen LogP contribution in [0.25, 0.3) is 0 Å². The molecule has 2 heterocycles. The highest BCUT2D eigenvalue weighted by molar-refractivity contribution is 14.0. The summed E-state index contributed by atoms with van der Waals surface area (Å²) in [5.74, 6) is 1.93. The van der Waals surface area contributed by atoms with Gasteiger partial charge < -0.3 is 15.2 Å². The summed E-state index contributed by atoms with van der Waals surface area (Å²) in [5.41, 5.74) is 1.20. The number of rotatable bonds is 5. The molecule has 0 aliphatic rings. The molecule has 110 valence electrons. The summed E-state index contributed by atoms with van der Waals surface area (Å²) in [6.45, 7) is 5.75. The van der Waals surface area contributed by atoms with Gasteiger partial charge in [0.25, 0.3) is 0 Å². The number of hydrogen-bond acceptors (Lipinski definition) is 5. The van der Waals surface area contributed by atoms with Gasteiger partial charge in [-0.25, -0.2) is 4.99 Å². The molecule has 0 radical (unpaired) electrons. The van der Waals surface area contributed by atoms with Crippen LogP contribution in [0.15, 0.2) is 26.3 Å². The van der Waals surface area contributed by atoms with Crippen LogP contribution in [-0.4, -0.2) is 22.6 Å². The fraction of sp³-hybridized carbons (Fsp3) is 0.417. The molecular formula is C12H18IN5OS. The van der Waals surface area contributed by atoms with Gasteiger partial charge in [0.1, 0.15) is 0 Å². The van der Waals surface area contributed by atoms with Crippen molar-refractivity contribution in [2.24, 2.45) is 4.99 Å². The Morgan fingerprint density at radius 3 is 2.90 bits per heavy atom. The number of thiophene rings is 1. The van der Waals surface area contributed by atoms with E-state index in [1.165, 1.54) is 5.56 Å². The molecule has 20 heavy (non-hydrogen) atoms. The monoisotopic (exact) mass is 407 g/mol. The SMILES string of the molecule is CCNC(=NCc1ccsc1)NCc1nc(C)no1.I. The fourth-order valence-electron chi connectivity index (χ4n) is 1.47. The van der Waals surface area contributed by atoms with E-state index in [1.807, 2.05) is 12.3 Å². The van der Waals surface area contributed by atoms with E-state index in [0.29, 0.717) is 24.8 Å². The van der Waals surface area contributed by atoms with E-state index in [0.717, 1.165) is 12.5 Å². The van der Waals surface area contributed by atoms with Crippen molar-refractivity contribution in [3.05, 3.63) is 34.1 Å². The quantitative estimate of drug-likeness (QED) is 0.452. The molecule has 0 aliphatic carbocycles. The van der Waals surface area contributed by atoms with E-state index in [1.54, 1.807) is 18.3 Å². The smallest absolute Gasteiger partial charge is 0.246 e. The fourth-order valence-corrected chi connectivity index (χ4v) is 2.13. The van der Waals surface area contributed by atoms with Crippen molar-refractivity contribution in [3.8, 4) is 0 Å². The molecule has 0 spiro atoms. The second-order valence-electron chi connectivity index (χ2n) is 3.92. The third-order valence-corrected chi connectivity index (χ3v) is 3.05. The van der Waals surface area contributed by atoms with Gasteiger partial charge in [-0.05, 0) is 36.2 Å². The molecule has 0 saturated heterocycles. The Kier molecular flexibility index (Phi) is 7.52. The summed E-state index contributed by atoms with van der Waals surface area (Å²) in [5, 5.41) is 14.2. The van der Waals surface area contributed by atoms with E-state index in [-0.39, 0.29) is 24.0 Å². The summed E-state index contributed by atoms with van der Waals surface area (Å²) in [4.78, 5) is 8.62. The zero-order valence-electron chi connectivity index (χ0n) is 11.4. The van der Waals surface area contributed by atoms with E-state index in [9.17, 15) is 0 Å². The molecule has 6 nitrogen and oxygen atoms in total. The van der Waals surface area contributed by atoms with E-state index in [2.05, 4.69) is 37.2 Å². The van der Waals surface area contributed by atoms with Crippen LogP contribution in [0.5, 0.6) is 0 Å². The topological polar surface area (TPSA) is 75.3 Å². The van der Waals surface area contributed by atoms with Crippen molar-refractivity contribution in [2.75, 3.05) is 6.54 Å². The van der Waals surface area contributed by atoms with Crippen molar-refractivity contribution < 1.29 is 4.52 Å². The van der Waals surface area contributed by atoms with E-state index in [4.69, 9.17) is 4.52 Å². The molecule has 0 bridgehead atoms. The Morgan fingerprint density at radius 1 is 1.45 bits per heavy atom. The lowest BCUT2D eigenvalue weighted by Crippen LogP contribution is -2.36. The van der Waals surface area contributed by atoms with Crippen LogP contribution in [0.3, 0.4) is 0 Å². The number of aromatic nitrogens is 2. The Balaban J connectivity index is 0.00000200. The zero-order valence-corrected chi connectivity index (χ0v) is 14.6. The third-order valence-electron chi connectivity index (χ3n) is 2.32. The first-order valence-corrected chi connectivity index (χ1v) is 7.04. The number of halogens is 1. The number of nitrogens with zero attached hydrogens (tertiary/aromatic N) is 3. The summed E-state index contributed by atoms with van der Waals surface area (Å²) >= 11 is 1.67. The minimum absolute atomic E-state index is 0. The van der Waals surface area contributed by atoms with Crippen LogP contribution >= 0.6 is 35.3 Å². The maximum atomic E-state index is 5.04.